The van der Waals surface area contributed by atoms with Crippen LogP contribution in [-0.2, 0) is 6.54 Å². The highest BCUT2D eigenvalue weighted by atomic mass is 15.2. The fraction of sp³-hybridized carbons (Fsp3) is 0.765. The van der Waals surface area contributed by atoms with E-state index >= 15 is 0 Å². The summed E-state index contributed by atoms with van der Waals surface area (Å²) in [6.07, 6.45) is 8.42. The van der Waals surface area contributed by atoms with Crippen molar-refractivity contribution < 1.29 is 0 Å². The quantitative estimate of drug-likeness (QED) is 0.924. The molecule has 2 fully saturated rings. The van der Waals surface area contributed by atoms with Gasteiger partial charge in [0.2, 0.25) is 5.95 Å². The van der Waals surface area contributed by atoms with Crippen LogP contribution in [0.4, 0.5) is 5.95 Å². The molecule has 2 aliphatic rings. The summed E-state index contributed by atoms with van der Waals surface area (Å²) in [4.78, 5) is 11.7. The molecule has 0 atom stereocenters. The van der Waals surface area contributed by atoms with Crippen molar-refractivity contribution in [2.45, 2.75) is 65.5 Å². The van der Waals surface area contributed by atoms with E-state index in [1.807, 2.05) is 6.20 Å². The summed E-state index contributed by atoms with van der Waals surface area (Å²) >= 11 is 0. The third-order valence-electron chi connectivity index (χ3n) is 4.85. The minimum Gasteiger partial charge on any atom is -0.341 e. The lowest BCUT2D eigenvalue weighted by Gasteiger charge is -2.23. The van der Waals surface area contributed by atoms with E-state index in [-0.39, 0.29) is 0 Å². The minimum atomic E-state index is 0.456. The largest absolute Gasteiger partial charge is 0.341 e. The Morgan fingerprint density at radius 2 is 2.10 bits per heavy atom. The Morgan fingerprint density at radius 3 is 2.81 bits per heavy atom. The van der Waals surface area contributed by atoms with Crippen molar-refractivity contribution in [3.8, 4) is 0 Å². The van der Waals surface area contributed by atoms with Crippen molar-refractivity contribution in [1.29, 1.82) is 0 Å². The number of anilines is 1. The first-order valence-electron chi connectivity index (χ1n) is 8.34. The van der Waals surface area contributed by atoms with Crippen LogP contribution in [0, 0.1) is 12.3 Å². The van der Waals surface area contributed by atoms with Gasteiger partial charge in [-0.05, 0) is 44.4 Å². The van der Waals surface area contributed by atoms with E-state index in [1.165, 1.54) is 37.7 Å². The second-order valence-corrected chi connectivity index (χ2v) is 7.44. The molecular weight excluding hydrogens is 260 g/mol. The first-order chi connectivity index (χ1) is 10.0. The molecule has 1 saturated carbocycles. The summed E-state index contributed by atoms with van der Waals surface area (Å²) in [6.45, 7) is 9.92. The summed E-state index contributed by atoms with van der Waals surface area (Å²) in [5.74, 6) is 0.917. The van der Waals surface area contributed by atoms with Gasteiger partial charge in [0, 0.05) is 43.1 Å². The fourth-order valence-corrected chi connectivity index (χ4v) is 2.97. The molecular formula is C17H28N4. The first kappa shape index (κ1) is 14.8. The summed E-state index contributed by atoms with van der Waals surface area (Å²) in [7, 11) is 0. The van der Waals surface area contributed by atoms with Crippen molar-refractivity contribution in [1.82, 2.24) is 15.3 Å². The Labute approximate surface area is 128 Å². The van der Waals surface area contributed by atoms with E-state index in [0.717, 1.165) is 37.3 Å². The second-order valence-electron chi connectivity index (χ2n) is 7.44. The molecule has 1 aromatic rings. The SMILES string of the molecule is Cc1nc(N2CCCC(C)(C)CC2)ncc1CNC1CC1. The summed E-state index contributed by atoms with van der Waals surface area (Å²) in [6, 6.07) is 0.733. The fourth-order valence-electron chi connectivity index (χ4n) is 2.97. The van der Waals surface area contributed by atoms with Crippen LogP contribution in [0.2, 0.25) is 0 Å². The molecule has 4 nitrogen and oxygen atoms in total. The molecule has 21 heavy (non-hydrogen) atoms. The molecule has 1 aliphatic heterocycles. The maximum Gasteiger partial charge on any atom is 0.225 e. The van der Waals surface area contributed by atoms with Crippen LogP contribution >= 0.6 is 0 Å². The number of rotatable bonds is 4. The zero-order valence-electron chi connectivity index (χ0n) is 13.7. The topological polar surface area (TPSA) is 41.1 Å². The maximum absolute atomic E-state index is 4.76. The van der Waals surface area contributed by atoms with E-state index < -0.39 is 0 Å². The van der Waals surface area contributed by atoms with E-state index in [0.29, 0.717) is 5.41 Å². The van der Waals surface area contributed by atoms with Crippen LogP contribution in [0.25, 0.3) is 0 Å². The number of hydrogen-bond acceptors (Lipinski definition) is 4. The molecule has 0 radical (unpaired) electrons. The summed E-state index contributed by atoms with van der Waals surface area (Å²) in [5, 5.41) is 3.54. The molecule has 0 amide bonds. The van der Waals surface area contributed by atoms with Gasteiger partial charge in [-0.15, -0.1) is 0 Å². The van der Waals surface area contributed by atoms with E-state index in [9.17, 15) is 0 Å². The molecule has 1 saturated heterocycles. The summed E-state index contributed by atoms with van der Waals surface area (Å²) in [5.41, 5.74) is 2.82. The van der Waals surface area contributed by atoms with Gasteiger partial charge < -0.3 is 10.2 Å². The number of aryl methyl sites for hydroxylation is 1. The van der Waals surface area contributed by atoms with Gasteiger partial charge >= 0.3 is 0 Å². The van der Waals surface area contributed by atoms with E-state index in [4.69, 9.17) is 4.98 Å². The molecule has 116 valence electrons. The molecule has 0 bridgehead atoms. The highest BCUT2D eigenvalue weighted by molar-refractivity contribution is 5.33. The van der Waals surface area contributed by atoms with E-state index in [2.05, 4.69) is 36.0 Å². The van der Waals surface area contributed by atoms with Crippen molar-refractivity contribution in [2.75, 3.05) is 18.0 Å². The lowest BCUT2D eigenvalue weighted by Crippen LogP contribution is -2.27. The number of aromatic nitrogens is 2. The van der Waals surface area contributed by atoms with Crippen LogP contribution in [0.5, 0.6) is 0 Å². The van der Waals surface area contributed by atoms with Crippen molar-refractivity contribution in [2.24, 2.45) is 5.41 Å². The number of nitrogens with zero attached hydrogens (tertiary/aromatic N) is 3. The van der Waals surface area contributed by atoms with Crippen LogP contribution in [-0.4, -0.2) is 29.1 Å². The molecule has 0 unspecified atom stereocenters. The first-order valence-corrected chi connectivity index (χ1v) is 8.34. The van der Waals surface area contributed by atoms with Crippen LogP contribution in [0.3, 0.4) is 0 Å². The standard InChI is InChI=1S/C17H28N4/c1-13-14(11-18-15-5-6-15)12-19-16(20-13)21-9-4-7-17(2,3)8-10-21/h12,15,18H,4-11H2,1-3H3. The molecule has 2 heterocycles. The molecule has 0 spiro atoms. The van der Waals surface area contributed by atoms with Crippen molar-refractivity contribution in [3.05, 3.63) is 17.5 Å². The van der Waals surface area contributed by atoms with Gasteiger partial charge in [-0.25, -0.2) is 9.97 Å². The molecule has 4 heteroatoms. The Balaban J connectivity index is 1.65. The number of nitrogens with one attached hydrogen (secondary N) is 1. The van der Waals surface area contributed by atoms with Gasteiger partial charge in [0.25, 0.3) is 0 Å². The lowest BCUT2D eigenvalue weighted by atomic mass is 9.85. The smallest absolute Gasteiger partial charge is 0.225 e. The van der Waals surface area contributed by atoms with Crippen molar-refractivity contribution in [3.63, 3.8) is 0 Å². The van der Waals surface area contributed by atoms with Gasteiger partial charge in [0.05, 0.1) is 0 Å². The lowest BCUT2D eigenvalue weighted by molar-refractivity contribution is 0.325. The highest BCUT2D eigenvalue weighted by Gasteiger charge is 2.24. The summed E-state index contributed by atoms with van der Waals surface area (Å²) < 4.78 is 0. The van der Waals surface area contributed by atoms with Gasteiger partial charge in [0.15, 0.2) is 0 Å². The van der Waals surface area contributed by atoms with E-state index in [1.54, 1.807) is 0 Å². The molecule has 1 aliphatic carbocycles. The van der Waals surface area contributed by atoms with Crippen molar-refractivity contribution >= 4 is 5.95 Å². The maximum atomic E-state index is 4.76. The highest BCUT2D eigenvalue weighted by Crippen LogP contribution is 2.30. The average molecular weight is 288 g/mol. The zero-order valence-corrected chi connectivity index (χ0v) is 13.7. The Morgan fingerprint density at radius 1 is 1.29 bits per heavy atom. The second kappa shape index (κ2) is 5.91. The van der Waals surface area contributed by atoms with Gasteiger partial charge in [-0.1, -0.05) is 13.8 Å². The third kappa shape index (κ3) is 3.94. The zero-order chi connectivity index (χ0) is 14.9. The van der Waals surface area contributed by atoms with Crippen LogP contribution in [0.15, 0.2) is 6.20 Å². The monoisotopic (exact) mass is 288 g/mol. The Hall–Kier alpha value is -1.16. The minimum absolute atomic E-state index is 0.456. The van der Waals surface area contributed by atoms with Gasteiger partial charge in [-0.3, -0.25) is 0 Å². The Bertz CT molecular complexity index is 494. The number of hydrogen-bond donors (Lipinski definition) is 1. The predicted molar refractivity (Wildman–Crippen MR) is 86.5 cm³/mol. The molecule has 3 rings (SSSR count). The Kier molecular flexibility index (Phi) is 4.16. The third-order valence-corrected chi connectivity index (χ3v) is 4.85. The van der Waals surface area contributed by atoms with Gasteiger partial charge in [-0.2, -0.15) is 0 Å². The van der Waals surface area contributed by atoms with Gasteiger partial charge in [0.1, 0.15) is 0 Å². The molecule has 0 aromatic carbocycles. The normalized spacial score (nSPS) is 22.1. The predicted octanol–water partition coefficient (Wildman–Crippen LogP) is 3.05. The molecule has 1 aromatic heterocycles. The van der Waals surface area contributed by atoms with Crippen LogP contribution < -0.4 is 10.2 Å². The average Bonchev–Trinajstić information content (AvgIpc) is 3.25. The van der Waals surface area contributed by atoms with Crippen LogP contribution in [0.1, 0.15) is 57.2 Å². The molecule has 1 N–H and O–H groups in total.